The third kappa shape index (κ3) is 2.07. The fourth-order valence-corrected chi connectivity index (χ4v) is 3.51. The third-order valence-corrected chi connectivity index (χ3v) is 4.59. The Kier molecular flexibility index (Phi) is 3.07. The van der Waals surface area contributed by atoms with Crippen molar-refractivity contribution in [2.45, 2.75) is 18.1 Å². The van der Waals surface area contributed by atoms with Crippen molar-refractivity contribution >= 4 is 35.0 Å². The summed E-state index contributed by atoms with van der Waals surface area (Å²) in [7, 11) is 0. The highest BCUT2D eigenvalue weighted by atomic mass is 35.5. The SMILES string of the molecule is Clc1ccccc1Cn1nc2c(c1Cl)CSC2. The van der Waals surface area contributed by atoms with Gasteiger partial charge in [0.1, 0.15) is 5.15 Å². The van der Waals surface area contributed by atoms with Crippen LogP contribution in [0.2, 0.25) is 10.2 Å². The summed E-state index contributed by atoms with van der Waals surface area (Å²) >= 11 is 14.3. The lowest BCUT2D eigenvalue weighted by atomic mass is 10.2. The second-order valence-electron chi connectivity index (χ2n) is 3.96. The standard InChI is InChI=1S/C12H10Cl2N2S/c13-10-4-2-1-3-8(10)5-16-12(14)9-6-17-7-11(9)15-16/h1-4H,5-7H2. The van der Waals surface area contributed by atoms with Crippen molar-refractivity contribution in [3.8, 4) is 0 Å². The van der Waals surface area contributed by atoms with Gasteiger partial charge in [-0.1, -0.05) is 41.4 Å². The minimum Gasteiger partial charge on any atom is -0.249 e. The maximum atomic E-state index is 6.32. The Balaban J connectivity index is 1.94. The van der Waals surface area contributed by atoms with E-state index < -0.39 is 0 Å². The zero-order valence-corrected chi connectivity index (χ0v) is 11.3. The zero-order chi connectivity index (χ0) is 11.8. The molecule has 1 aromatic heterocycles. The van der Waals surface area contributed by atoms with Crippen molar-refractivity contribution in [2.24, 2.45) is 0 Å². The molecular weight excluding hydrogens is 275 g/mol. The van der Waals surface area contributed by atoms with Crippen LogP contribution in [0.3, 0.4) is 0 Å². The molecule has 0 atom stereocenters. The molecule has 0 N–H and O–H groups in total. The number of benzene rings is 1. The molecule has 2 nitrogen and oxygen atoms in total. The lowest BCUT2D eigenvalue weighted by Crippen LogP contribution is -2.03. The summed E-state index contributed by atoms with van der Waals surface area (Å²) in [6.07, 6.45) is 0. The lowest BCUT2D eigenvalue weighted by Gasteiger charge is -2.06. The van der Waals surface area contributed by atoms with E-state index >= 15 is 0 Å². The minimum absolute atomic E-state index is 0.635. The molecule has 1 aromatic carbocycles. The van der Waals surface area contributed by atoms with Gasteiger partial charge in [-0.05, 0) is 11.6 Å². The molecule has 2 aromatic rings. The summed E-state index contributed by atoms with van der Waals surface area (Å²) in [5.74, 6) is 1.93. The second-order valence-corrected chi connectivity index (χ2v) is 5.71. The van der Waals surface area contributed by atoms with E-state index in [4.69, 9.17) is 23.2 Å². The number of hydrogen-bond donors (Lipinski definition) is 0. The van der Waals surface area contributed by atoms with Crippen LogP contribution in [0.5, 0.6) is 0 Å². The first-order valence-electron chi connectivity index (χ1n) is 5.31. The number of hydrogen-bond acceptors (Lipinski definition) is 2. The Morgan fingerprint density at radius 3 is 2.82 bits per heavy atom. The van der Waals surface area contributed by atoms with Gasteiger partial charge in [0.05, 0.1) is 12.2 Å². The van der Waals surface area contributed by atoms with E-state index in [0.29, 0.717) is 6.54 Å². The first-order chi connectivity index (χ1) is 8.25. The summed E-state index contributed by atoms with van der Waals surface area (Å²) in [5, 5.41) is 6.04. The van der Waals surface area contributed by atoms with E-state index in [1.807, 2.05) is 40.7 Å². The van der Waals surface area contributed by atoms with Crippen LogP contribution in [0.25, 0.3) is 0 Å². The highest BCUT2D eigenvalue weighted by Gasteiger charge is 2.21. The number of fused-ring (bicyclic) bond motifs is 1. The van der Waals surface area contributed by atoms with Crippen molar-refractivity contribution < 1.29 is 0 Å². The van der Waals surface area contributed by atoms with Crippen molar-refractivity contribution in [3.05, 3.63) is 51.3 Å². The van der Waals surface area contributed by atoms with Gasteiger partial charge >= 0.3 is 0 Å². The Labute approximate surface area is 114 Å². The average molecular weight is 285 g/mol. The topological polar surface area (TPSA) is 17.8 Å². The quantitative estimate of drug-likeness (QED) is 0.830. The number of rotatable bonds is 2. The molecule has 3 rings (SSSR count). The monoisotopic (exact) mass is 284 g/mol. The summed E-state index contributed by atoms with van der Waals surface area (Å²) < 4.78 is 1.84. The van der Waals surface area contributed by atoms with Crippen LogP contribution in [-0.2, 0) is 18.1 Å². The molecule has 1 aliphatic heterocycles. The molecule has 1 aliphatic rings. The van der Waals surface area contributed by atoms with E-state index in [9.17, 15) is 0 Å². The maximum Gasteiger partial charge on any atom is 0.131 e. The molecule has 17 heavy (non-hydrogen) atoms. The smallest absolute Gasteiger partial charge is 0.131 e. The molecule has 0 saturated heterocycles. The molecule has 0 bridgehead atoms. The number of aromatic nitrogens is 2. The van der Waals surface area contributed by atoms with E-state index in [1.165, 1.54) is 5.56 Å². The predicted octanol–water partition coefficient (Wildman–Crippen LogP) is 3.99. The fraction of sp³-hybridized carbons (Fsp3) is 0.250. The Bertz CT molecular complexity index is 566. The van der Waals surface area contributed by atoms with Gasteiger partial charge in [-0.15, -0.1) is 0 Å². The van der Waals surface area contributed by atoms with Crippen LogP contribution in [0.15, 0.2) is 24.3 Å². The number of thioether (sulfide) groups is 1. The highest BCUT2D eigenvalue weighted by Crippen LogP contribution is 2.34. The van der Waals surface area contributed by atoms with E-state index in [2.05, 4.69) is 5.10 Å². The molecule has 0 unspecified atom stereocenters. The Morgan fingerprint density at radius 2 is 2.06 bits per heavy atom. The normalized spacial score (nSPS) is 14.0. The van der Waals surface area contributed by atoms with Gasteiger partial charge in [0.15, 0.2) is 0 Å². The maximum absolute atomic E-state index is 6.32. The summed E-state index contributed by atoms with van der Waals surface area (Å²) in [4.78, 5) is 0. The lowest BCUT2D eigenvalue weighted by molar-refractivity contribution is 0.679. The van der Waals surface area contributed by atoms with Crippen molar-refractivity contribution in [2.75, 3.05) is 0 Å². The largest absolute Gasteiger partial charge is 0.249 e. The minimum atomic E-state index is 0.635. The molecule has 0 spiro atoms. The van der Waals surface area contributed by atoms with Crippen LogP contribution >= 0.6 is 35.0 Å². The van der Waals surface area contributed by atoms with Gasteiger partial charge < -0.3 is 0 Å². The molecule has 0 fully saturated rings. The highest BCUT2D eigenvalue weighted by molar-refractivity contribution is 7.98. The molecule has 0 aliphatic carbocycles. The van der Waals surface area contributed by atoms with Crippen molar-refractivity contribution in [1.82, 2.24) is 9.78 Å². The van der Waals surface area contributed by atoms with E-state index in [1.54, 1.807) is 0 Å². The Hall–Kier alpha value is -0.640. The summed E-state index contributed by atoms with van der Waals surface area (Å²) in [5.41, 5.74) is 3.35. The van der Waals surface area contributed by atoms with Crippen LogP contribution in [0, 0.1) is 0 Å². The van der Waals surface area contributed by atoms with E-state index in [0.717, 1.165) is 32.9 Å². The van der Waals surface area contributed by atoms with Gasteiger partial charge in [0.25, 0.3) is 0 Å². The predicted molar refractivity (Wildman–Crippen MR) is 72.8 cm³/mol. The number of nitrogens with zero attached hydrogens (tertiary/aromatic N) is 2. The second kappa shape index (κ2) is 4.56. The molecule has 2 heterocycles. The van der Waals surface area contributed by atoms with Gasteiger partial charge in [-0.25, -0.2) is 4.68 Å². The van der Waals surface area contributed by atoms with Crippen LogP contribution < -0.4 is 0 Å². The molecule has 0 amide bonds. The van der Waals surface area contributed by atoms with Gasteiger partial charge in [-0.3, -0.25) is 0 Å². The molecule has 0 radical (unpaired) electrons. The number of halogens is 2. The Morgan fingerprint density at radius 1 is 1.24 bits per heavy atom. The fourth-order valence-electron chi connectivity index (χ4n) is 1.93. The molecule has 0 saturated carbocycles. The van der Waals surface area contributed by atoms with Crippen molar-refractivity contribution in [3.63, 3.8) is 0 Å². The third-order valence-electron chi connectivity index (χ3n) is 2.83. The molecule has 5 heteroatoms. The molecular formula is C12H10Cl2N2S. The van der Waals surface area contributed by atoms with Crippen LogP contribution in [0.4, 0.5) is 0 Å². The first-order valence-corrected chi connectivity index (χ1v) is 7.22. The molecule has 88 valence electrons. The van der Waals surface area contributed by atoms with Gasteiger partial charge in [0, 0.05) is 22.1 Å². The van der Waals surface area contributed by atoms with Crippen LogP contribution in [0.1, 0.15) is 16.8 Å². The first kappa shape index (κ1) is 11.5. The zero-order valence-electron chi connectivity index (χ0n) is 8.99. The van der Waals surface area contributed by atoms with Crippen LogP contribution in [-0.4, -0.2) is 9.78 Å². The van der Waals surface area contributed by atoms with E-state index in [-0.39, 0.29) is 0 Å². The van der Waals surface area contributed by atoms with Crippen molar-refractivity contribution in [1.29, 1.82) is 0 Å². The van der Waals surface area contributed by atoms with Gasteiger partial charge in [0.2, 0.25) is 0 Å². The summed E-state index contributed by atoms with van der Waals surface area (Å²) in [6, 6.07) is 7.79. The van der Waals surface area contributed by atoms with Gasteiger partial charge in [-0.2, -0.15) is 16.9 Å². The average Bonchev–Trinajstić information content (AvgIpc) is 2.87. The summed E-state index contributed by atoms with van der Waals surface area (Å²) in [6.45, 7) is 0.635.